The third-order valence-corrected chi connectivity index (χ3v) is 11.9. The van der Waals surface area contributed by atoms with Gasteiger partial charge in [-0.1, -0.05) is 54.5 Å². The van der Waals surface area contributed by atoms with Crippen molar-refractivity contribution in [1.82, 2.24) is 0 Å². The van der Waals surface area contributed by atoms with Crippen LogP contribution in [-0.4, -0.2) is 33.8 Å². The topological polar surface area (TPSA) is 104 Å². The summed E-state index contributed by atoms with van der Waals surface area (Å²) in [4.78, 5) is 41.0. The maximum Gasteiger partial charge on any atom is 0.313 e. The third-order valence-electron chi connectivity index (χ3n) is 11.9. The van der Waals surface area contributed by atoms with Gasteiger partial charge in [0.1, 0.15) is 11.7 Å². The minimum absolute atomic E-state index is 0.0581. The van der Waals surface area contributed by atoms with E-state index in [0.717, 1.165) is 12.0 Å². The first-order chi connectivity index (χ1) is 16.9. The predicted molar refractivity (Wildman–Crippen MR) is 138 cm³/mol. The van der Waals surface area contributed by atoms with Crippen LogP contribution in [0, 0.1) is 50.2 Å². The van der Waals surface area contributed by atoms with E-state index < -0.39 is 44.6 Å². The Bertz CT molecular complexity index is 1230. The molecular weight excluding hydrogens is 466 g/mol. The predicted octanol–water partition coefficient (Wildman–Crippen LogP) is 5.25. The molecule has 5 rings (SSSR count). The number of Topliss-reactive ketones (excluding diaryl/α,β-unsaturated/α-hetero) is 1. The van der Waals surface area contributed by atoms with Crippen LogP contribution in [0.4, 0.5) is 0 Å². The SMILES string of the molecule is CC1[C@]2(CCC(C)(C)C)CC[C@@]3(C)[C@]4(C)CC[C@H]5[C@](C)(O)C(=O)C(C#N)=C[C@]5(C)C4=CC(=O)[C@]13OC2=O. The summed E-state index contributed by atoms with van der Waals surface area (Å²) in [5.41, 5.74) is -4.76. The molecule has 1 saturated heterocycles. The van der Waals surface area contributed by atoms with Crippen LogP contribution in [0.15, 0.2) is 23.3 Å². The molecule has 1 N–H and O–H groups in total. The highest BCUT2D eigenvalue weighted by molar-refractivity contribution is 6.07. The van der Waals surface area contributed by atoms with Crippen molar-refractivity contribution in [3.8, 4) is 6.07 Å². The number of rotatable bonds is 2. The van der Waals surface area contributed by atoms with Gasteiger partial charge in [0, 0.05) is 22.7 Å². The largest absolute Gasteiger partial charge is 0.449 e. The van der Waals surface area contributed by atoms with Gasteiger partial charge in [0.25, 0.3) is 0 Å². The van der Waals surface area contributed by atoms with Crippen LogP contribution >= 0.6 is 0 Å². The number of nitriles is 1. The molecule has 200 valence electrons. The first kappa shape index (κ1) is 26.4. The van der Waals surface area contributed by atoms with Gasteiger partial charge in [-0.2, -0.15) is 5.26 Å². The molecule has 1 aliphatic heterocycles. The molecule has 4 aliphatic carbocycles. The normalized spacial score (nSPS) is 48.7. The summed E-state index contributed by atoms with van der Waals surface area (Å²) in [6.45, 7) is 16.3. The molecule has 8 atom stereocenters. The number of fused-ring (bicyclic) bond motifs is 5. The van der Waals surface area contributed by atoms with Crippen LogP contribution in [0.25, 0.3) is 0 Å². The number of aliphatic hydroxyl groups is 1. The number of carbonyl (C=O) groups is 3. The molecule has 1 spiro atoms. The third kappa shape index (κ3) is 2.82. The fraction of sp³-hybridized carbons (Fsp3) is 0.742. The van der Waals surface area contributed by atoms with E-state index in [1.165, 1.54) is 6.92 Å². The highest BCUT2D eigenvalue weighted by Crippen LogP contribution is 2.76. The number of nitrogens with zero attached hydrogens (tertiary/aromatic N) is 1. The number of ether oxygens (including phenoxy) is 1. The van der Waals surface area contributed by atoms with E-state index in [4.69, 9.17) is 4.74 Å². The molecule has 0 radical (unpaired) electrons. The monoisotopic (exact) mass is 507 g/mol. The van der Waals surface area contributed by atoms with Gasteiger partial charge in [0.2, 0.25) is 5.78 Å². The van der Waals surface area contributed by atoms with Crippen LogP contribution in [0.2, 0.25) is 0 Å². The van der Waals surface area contributed by atoms with Crippen LogP contribution in [-0.2, 0) is 19.1 Å². The standard InChI is InChI=1S/C31H41NO5/c1-18-30(13-11-25(2,3)4)14-12-28(7)27(6)10-9-20-26(5,16-19(17-32)23(34)29(20,8)36)21(27)15-22(33)31(18,28)37-24(30)35/h15-16,18,20,36H,9-14H2,1-8H3/t18?,20-,26+,27-,28+,29+,30+,31-/m1/s1. The lowest BCUT2D eigenvalue weighted by Crippen LogP contribution is -2.71. The zero-order valence-corrected chi connectivity index (χ0v) is 23.6. The molecule has 1 unspecified atom stereocenters. The van der Waals surface area contributed by atoms with Gasteiger partial charge < -0.3 is 9.84 Å². The van der Waals surface area contributed by atoms with E-state index >= 15 is 0 Å². The highest BCUT2D eigenvalue weighted by Gasteiger charge is 2.80. The summed E-state index contributed by atoms with van der Waals surface area (Å²) in [5, 5.41) is 21.1. The maximum atomic E-state index is 14.3. The summed E-state index contributed by atoms with van der Waals surface area (Å²) in [5.74, 6) is -1.69. The first-order valence-corrected chi connectivity index (χ1v) is 13.8. The Balaban J connectivity index is 1.69. The van der Waals surface area contributed by atoms with Gasteiger partial charge in [0.05, 0.1) is 11.0 Å². The van der Waals surface area contributed by atoms with Crippen molar-refractivity contribution in [1.29, 1.82) is 5.26 Å². The fourth-order valence-electron chi connectivity index (χ4n) is 9.43. The lowest BCUT2D eigenvalue weighted by molar-refractivity contribution is -0.201. The van der Waals surface area contributed by atoms with Crippen molar-refractivity contribution in [2.75, 3.05) is 0 Å². The summed E-state index contributed by atoms with van der Waals surface area (Å²) in [7, 11) is 0. The van der Waals surface area contributed by atoms with E-state index in [-0.39, 0.29) is 28.7 Å². The summed E-state index contributed by atoms with van der Waals surface area (Å²) >= 11 is 0. The average Bonchev–Trinajstić information content (AvgIpc) is 2.94. The zero-order valence-electron chi connectivity index (χ0n) is 23.6. The molecule has 0 aromatic carbocycles. The molecule has 5 aliphatic rings. The molecule has 6 nitrogen and oxygen atoms in total. The molecule has 37 heavy (non-hydrogen) atoms. The Morgan fingerprint density at radius 3 is 2.35 bits per heavy atom. The maximum absolute atomic E-state index is 14.3. The van der Waals surface area contributed by atoms with Crippen molar-refractivity contribution < 1.29 is 24.2 Å². The highest BCUT2D eigenvalue weighted by atomic mass is 16.6. The molecule has 6 heteroatoms. The summed E-state index contributed by atoms with van der Waals surface area (Å²) < 4.78 is 6.35. The van der Waals surface area contributed by atoms with Crippen molar-refractivity contribution in [2.45, 2.75) is 105 Å². The molecule has 0 aromatic heterocycles. The average molecular weight is 508 g/mol. The van der Waals surface area contributed by atoms with E-state index in [1.54, 1.807) is 12.2 Å². The second-order valence-corrected chi connectivity index (χ2v) is 14.7. The van der Waals surface area contributed by atoms with Gasteiger partial charge in [0.15, 0.2) is 11.4 Å². The molecular formula is C31H41NO5. The van der Waals surface area contributed by atoms with Crippen LogP contribution in [0.5, 0.6) is 0 Å². The molecule has 2 bridgehead atoms. The molecule has 1 heterocycles. The summed E-state index contributed by atoms with van der Waals surface area (Å²) in [6, 6.07) is 1.99. The van der Waals surface area contributed by atoms with E-state index in [1.807, 2.05) is 19.9 Å². The lowest BCUT2D eigenvalue weighted by atomic mass is 9.35. The number of allylic oxidation sites excluding steroid dienone is 2. The molecule has 3 fully saturated rings. The van der Waals surface area contributed by atoms with E-state index in [0.29, 0.717) is 32.1 Å². The second kappa shape index (κ2) is 7.23. The number of carbonyl (C=O) groups excluding carboxylic acids is 3. The second-order valence-electron chi connectivity index (χ2n) is 14.7. The van der Waals surface area contributed by atoms with Gasteiger partial charge in [-0.15, -0.1) is 0 Å². The minimum Gasteiger partial charge on any atom is -0.449 e. The van der Waals surface area contributed by atoms with Gasteiger partial charge in [-0.25, -0.2) is 0 Å². The van der Waals surface area contributed by atoms with Crippen LogP contribution in [0.1, 0.15) is 93.9 Å². The van der Waals surface area contributed by atoms with Crippen molar-refractivity contribution in [3.05, 3.63) is 23.3 Å². The van der Waals surface area contributed by atoms with Gasteiger partial charge >= 0.3 is 5.97 Å². The molecule has 0 amide bonds. The number of ketones is 2. The van der Waals surface area contributed by atoms with Crippen LogP contribution in [0.3, 0.4) is 0 Å². The zero-order chi connectivity index (χ0) is 27.6. The fourth-order valence-corrected chi connectivity index (χ4v) is 9.43. The van der Waals surface area contributed by atoms with Crippen LogP contribution < -0.4 is 0 Å². The van der Waals surface area contributed by atoms with E-state index in [9.17, 15) is 24.8 Å². The number of hydrogen-bond donors (Lipinski definition) is 1. The van der Waals surface area contributed by atoms with E-state index in [2.05, 4.69) is 34.6 Å². The Labute approximate surface area is 220 Å². The lowest BCUT2D eigenvalue weighted by Gasteiger charge is -2.67. The van der Waals surface area contributed by atoms with Crippen molar-refractivity contribution in [3.63, 3.8) is 0 Å². The molecule has 0 aromatic rings. The number of esters is 1. The Morgan fingerprint density at radius 2 is 1.76 bits per heavy atom. The summed E-state index contributed by atoms with van der Waals surface area (Å²) in [6.07, 6.45) is 7.50. The smallest absolute Gasteiger partial charge is 0.313 e. The molecule has 2 saturated carbocycles. The van der Waals surface area contributed by atoms with Crippen molar-refractivity contribution >= 4 is 17.5 Å². The van der Waals surface area contributed by atoms with Gasteiger partial charge in [-0.3, -0.25) is 14.4 Å². The number of hydrogen-bond acceptors (Lipinski definition) is 6. The first-order valence-electron chi connectivity index (χ1n) is 13.8. The van der Waals surface area contributed by atoms with Crippen molar-refractivity contribution in [2.24, 2.45) is 38.9 Å². The Hall–Kier alpha value is -2.26. The Morgan fingerprint density at radius 1 is 1.11 bits per heavy atom. The minimum atomic E-state index is -1.70. The Kier molecular flexibility index (Phi) is 5.15. The van der Waals surface area contributed by atoms with Gasteiger partial charge in [-0.05, 0) is 67.9 Å². The quantitative estimate of drug-likeness (QED) is 0.512.